The van der Waals surface area contributed by atoms with Crippen LogP contribution in [0.25, 0.3) is 0 Å². The van der Waals surface area contributed by atoms with Crippen LogP contribution < -0.4 is 11.3 Å². The molecule has 3 unspecified atom stereocenters. The Hall–Kier alpha value is -1.07. The normalized spacial score (nSPS) is 28.4. The Kier molecular flexibility index (Phi) is 4.94. The van der Waals surface area contributed by atoms with Gasteiger partial charge >= 0.3 is 6.18 Å². The first-order valence-electron chi connectivity index (χ1n) is 7.45. The molecule has 5 heteroatoms. The summed E-state index contributed by atoms with van der Waals surface area (Å²) in [6.07, 6.45) is -1.40. The van der Waals surface area contributed by atoms with E-state index < -0.39 is 17.8 Å². The highest BCUT2D eigenvalue weighted by Crippen LogP contribution is 2.42. The molecule has 1 aliphatic carbocycles. The second kappa shape index (κ2) is 6.36. The Labute approximate surface area is 123 Å². The molecule has 3 N–H and O–H groups in total. The summed E-state index contributed by atoms with van der Waals surface area (Å²) in [6.45, 7) is 4.32. The molecular weight excluding hydrogens is 277 g/mol. The Morgan fingerprint density at radius 1 is 1.10 bits per heavy atom. The van der Waals surface area contributed by atoms with Crippen molar-refractivity contribution in [3.8, 4) is 0 Å². The molecule has 0 aromatic heterocycles. The van der Waals surface area contributed by atoms with E-state index in [0.717, 1.165) is 25.3 Å². The SMILES string of the molecule is CC1CC(C)CC(C(NN)c2ccccc2C(F)(F)F)C1. The van der Waals surface area contributed by atoms with E-state index >= 15 is 0 Å². The monoisotopic (exact) mass is 300 g/mol. The van der Waals surface area contributed by atoms with Crippen LogP contribution in [0.5, 0.6) is 0 Å². The third kappa shape index (κ3) is 3.77. The molecule has 1 aromatic rings. The quantitative estimate of drug-likeness (QED) is 0.646. The molecular formula is C16H23F3N2. The Morgan fingerprint density at radius 2 is 1.67 bits per heavy atom. The Morgan fingerprint density at radius 3 is 2.19 bits per heavy atom. The molecule has 1 aliphatic rings. The molecule has 0 saturated heterocycles. The fourth-order valence-electron chi connectivity index (χ4n) is 3.79. The maximum Gasteiger partial charge on any atom is 0.416 e. The van der Waals surface area contributed by atoms with E-state index in [1.165, 1.54) is 12.1 Å². The molecule has 3 atom stereocenters. The van der Waals surface area contributed by atoms with Crippen LogP contribution in [0.15, 0.2) is 24.3 Å². The number of halogens is 3. The Bertz CT molecular complexity index is 463. The minimum Gasteiger partial charge on any atom is -0.271 e. The van der Waals surface area contributed by atoms with Crippen LogP contribution in [0.2, 0.25) is 0 Å². The molecule has 0 aliphatic heterocycles. The van der Waals surface area contributed by atoms with Crippen molar-refractivity contribution in [2.45, 2.75) is 45.3 Å². The molecule has 1 aromatic carbocycles. The van der Waals surface area contributed by atoms with Gasteiger partial charge in [-0.2, -0.15) is 13.2 Å². The number of hydrogen-bond acceptors (Lipinski definition) is 2. The number of nitrogens with two attached hydrogens (primary N) is 1. The summed E-state index contributed by atoms with van der Waals surface area (Å²) in [7, 11) is 0. The lowest BCUT2D eigenvalue weighted by atomic mass is 9.72. The molecule has 0 heterocycles. The fraction of sp³-hybridized carbons (Fsp3) is 0.625. The van der Waals surface area contributed by atoms with Crippen molar-refractivity contribution in [2.75, 3.05) is 0 Å². The highest BCUT2D eigenvalue weighted by molar-refractivity contribution is 5.33. The van der Waals surface area contributed by atoms with Gasteiger partial charge in [0.25, 0.3) is 0 Å². The predicted molar refractivity (Wildman–Crippen MR) is 77.2 cm³/mol. The molecule has 1 saturated carbocycles. The number of rotatable bonds is 3. The van der Waals surface area contributed by atoms with E-state index in [-0.39, 0.29) is 11.5 Å². The largest absolute Gasteiger partial charge is 0.416 e. The van der Waals surface area contributed by atoms with E-state index in [9.17, 15) is 13.2 Å². The molecule has 21 heavy (non-hydrogen) atoms. The third-order valence-corrected chi connectivity index (χ3v) is 4.47. The number of hydrogen-bond donors (Lipinski definition) is 2. The minimum atomic E-state index is -4.35. The molecule has 0 bridgehead atoms. The van der Waals surface area contributed by atoms with Crippen LogP contribution in [0.4, 0.5) is 13.2 Å². The van der Waals surface area contributed by atoms with Crippen molar-refractivity contribution in [3.05, 3.63) is 35.4 Å². The third-order valence-electron chi connectivity index (χ3n) is 4.47. The zero-order chi connectivity index (χ0) is 15.6. The van der Waals surface area contributed by atoms with Gasteiger partial charge in [-0.15, -0.1) is 0 Å². The summed E-state index contributed by atoms with van der Waals surface area (Å²) in [5, 5.41) is 0. The summed E-state index contributed by atoms with van der Waals surface area (Å²) < 4.78 is 39.6. The van der Waals surface area contributed by atoms with E-state index in [1.54, 1.807) is 6.07 Å². The smallest absolute Gasteiger partial charge is 0.271 e. The van der Waals surface area contributed by atoms with Gasteiger partial charge in [-0.05, 0) is 48.6 Å². The lowest BCUT2D eigenvalue weighted by Gasteiger charge is -2.37. The van der Waals surface area contributed by atoms with Gasteiger partial charge in [0.1, 0.15) is 0 Å². The van der Waals surface area contributed by atoms with Gasteiger partial charge in [0, 0.05) is 6.04 Å². The van der Waals surface area contributed by atoms with E-state index in [2.05, 4.69) is 19.3 Å². The zero-order valence-corrected chi connectivity index (χ0v) is 12.5. The summed E-state index contributed by atoms with van der Waals surface area (Å²) in [5.74, 6) is 6.80. The maximum atomic E-state index is 13.2. The average Bonchev–Trinajstić information content (AvgIpc) is 2.38. The highest BCUT2D eigenvalue weighted by Gasteiger charge is 2.38. The van der Waals surface area contributed by atoms with Gasteiger partial charge in [0.2, 0.25) is 0 Å². The van der Waals surface area contributed by atoms with E-state index in [0.29, 0.717) is 11.8 Å². The van der Waals surface area contributed by atoms with Crippen molar-refractivity contribution >= 4 is 0 Å². The number of alkyl halides is 3. The van der Waals surface area contributed by atoms with Gasteiger partial charge in [-0.1, -0.05) is 32.0 Å². The van der Waals surface area contributed by atoms with Gasteiger partial charge in [-0.3, -0.25) is 11.3 Å². The average molecular weight is 300 g/mol. The van der Waals surface area contributed by atoms with Gasteiger partial charge < -0.3 is 0 Å². The van der Waals surface area contributed by atoms with Crippen LogP contribution in [0, 0.1) is 17.8 Å². The second-order valence-corrected chi connectivity index (χ2v) is 6.41. The van der Waals surface area contributed by atoms with E-state index in [4.69, 9.17) is 5.84 Å². The number of hydrazine groups is 1. The molecule has 1 fully saturated rings. The predicted octanol–water partition coefficient (Wildman–Crippen LogP) is 4.28. The first-order chi connectivity index (χ1) is 9.82. The molecule has 0 amide bonds. The summed E-state index contributed by atoms with van der Waals surface area (Å²) in [5.41, 5.74) is 2.32. The lowest BCUT2D eigenvalue weighted by molar-refractivity contribution is -0.138. The van der Waals surface area contributed by atoms with E-state index in [1.807, 2.05) is 0 Å². The topological polar surface area (TPSA) is 38.0 Å². The van der Waals surface area contributed by atoms with Gasteiger partial charge in [0.05, 0.1) is 5.56 Å². The summed E-state index contributed by atoms with van der Waals surface area (Å²) in [6, 6.07) is 5.29. The molecule has 2 rings (SSSR count). The van der Waals surface area contributed by atoms with Crippen LogP contribution in [-0.4, -0.2) is 0 Å². The first-order valence-corrected chi connectivity index (χ1v) is 7.45. The lowest BCUT2D eigenvalue weighted by Crippen LogP contribution is -2.38. The Balaban J connectivity index is 2.34. The summed E-state index contributed by atoms with van der Waals surface area (Å²) >= 11 is 0. The van der Waals surface area contributed by atoms with Crippen molar-refractivity contribution in [3.63, 3.8) is 0 Å². The molecule has 0 radical (unpaired) electrons. The molecule has 2 nitrogen and oxygen atoms in total. The first kappa shape index (κ1) is 16.3. The second-order valence-electron chi connectivity index (χ2n) is 6.41. The van der Waals surface area contributed by atoms with Gasteiger partial charge in [0.15, 0.2) is 0 Å². The van der Waals surface area contributed by atoms with Crippen LogP contribution in [0.3, 0.4) is 0 Å². The van der Waals surface area contributed by atoms with Crippen molar-refractivity contribution in [1.82, 2.24) is 5.43 Å². The zero-order valence-electron chi connectivity index (χ0n) is 12.5. The van der Waals surface area contributed by atoms with Crippen LogP contribution in [-0.2, 0) is 6.18 Å². The minimum absolute atomic E-state index is 0.136. The van der Waals surface area contributed by atoms with Crippen molar-refractivity contribution < 1.29 is 13.2 Å². The highest BCUT2D eigenvalue weighted by atomic mass is 19.4. The van der Waals surface area contributed by atoms with Crippen LogP contribution >= 0.6 is 0 Å². The standard InChI is InChI=1S/C16H23F3N2/c1-10-7-11(2)9-12(8-10)15(21-20)13-5-3-4-6-14(13)16(17,18)19/h3-6,10-12,15,21H,7-9,20H2,1-2H3. The number of benzene rings is 1. The molecule has 118 valence electrons. The van der Waals surface area contributed by atoms with Crippen LogP contribution in [0.1, 0.15) is 50.3 Å². The fourth-order valence-corrected chi connectivity index (χ4v) is 3.79. The molecule has 0 spiro atoms. The number of nitrogens with one attached hydrogen (secondary N) is 1. The summed E-state index contributed by atoms with van der Waals surface area (Å²) in [4.78, 5) is 0. The van der Waals surface area contributed by atoms with Crippen molar-refractivity contribution in [1.29, 1.82) is 0 Å². The van der Waals surface area contributed by atoms with Crippen molar-refractivity contribution in [2.24, 2.45) is 23.6 Å². The maximum absolute atomic E-state index is 13.2. The van der Waals surface area contributed by atoms with Gasteiger partial charge in [-0.25, -0.2) is 0 Å².